The predicted octanol–water partition coefficient (Wildman–Crippen LogP) is 3.98. The number of anilines is 1. The van der Waals surface area contributed by atoms with Crippen LogP contribution in [0.3, 0.4) is 0 Å². The molecule has 0 aliphatic carbocycles. The third-order valence-corrected chi connectivity index (χ3v) is 5.16. The summed E-state index contributed by atoms with van der Waals surface area (Å²) in [5.41, 5.74) is 2.76. The van der Waals surface area contributed by atoms with Crippen LogP contribution < -0.4 is 5.32 Å². The largest absolute Gasteiger partial charge is 0.323 e. The molecule has 1 amide bonds. The molecule has 0 aliphatic heterocycles. The molecule has 0 atom stereocenters. The zero-order valence-corrected chi connectivity index (χ0v) is 12.9. The summed E-state index contributed by atoms with van der Waals surface area (Å²) in [6.45, 7) is 5.62. The summed E-state index contributed by atoms with van der Waals surface area (Å²) in [5.74, 6) is 1.82. The van der Waals surface area contributed by atoms with Gasteiger partial charge in [0, 0.05) is 22.6 Å². The van der Waals surface area contributed by atoms with Crippen LogP contribution in [-0.4, -0.2) is 21.9 Å². The third kappa shape index (κ3) is 3.80. The first-order valence-corrected chi connectivity index (χ1v) is 8.88. The molecule has 1 aromatic carbocycles. The smallest absolute Gasteiger partial charge is 0.247 e. The van der Waals surface area contributed by atoms with Crippen molar-refractivity contribution in [1.29, 1.82) is 0 Å². The van der Waals surface area contributed by atoms with Crippen LogP contribution in [0.4, 0.5) is 5.69 Å². The lowest BCUT2D eigenvalue weighted by molar-refractivity contribution is -0.111. The van der Waals surface area contributed by atoms with Crippen LogP contribution in [0.5, 0.6) is 0 Å². The van der Waals surface area contributed by atoms with Crippen molar-refractivity contribution in [3.05, 3.63) is 36.5 Å². The Hall–Kier alpha value is -1.40. The Bertz CT molecular complexity index is 609. The number of aromatic amines is 1. The highest BCUT2D eigenvalue weighted by Gasteiger charge is 2.07. The van der Waals surface area contributed by atoms with Crippen LogP contribution in [0, 0.1) is 0 Å². The molecule has 1 heterocycles. The maximum absolute atomic E-state index is 11.3. The number of benzene rings is 1. The van der Waals surface area contributed by atoms with Crippen molar-refractivity contribution in [2.75, 3.05) is 11.1 Å². The minimum absolute atomic E-state index is 0.206. The number of hydrogen-bond acceptors (Lipinski definition) is 4. The second-order valence-corrected chi connectivity index (χ2v) is 6.79. The number of rotatable bonds is 7. The first kappa shape index (κ1) is 15.0. The zero-order chi connectivity index (χ0) is 14.4. The van der Waals surface area contributed by atoms with E-state index in [9.17, 15) is 4.79 Å². The van der Waals surface area contributed by atoms with E-state index in [4.69, 9.17) is 0 Å². The Labute approximate surface area is 126 Å². The van der Waals surface area contributed by atoms with Crippen molar-refractivity contribution in [2.24, 2.45) is 0 Å². The van der Waals surface area contributed by atoms with E-state index in [2.05, 4.69) is 29.0 Å². The topological polar surface area (TPSA) is 57.8 Å². The van der Waals surface area contributed by atoms with E-state index in [1.807, 2.05) is 39.8 Å². The summed E-state index contributed by atoms with van der Waals surface area (Å²) in [7, 11) is 3.68. The van der Waals surface area contributed by atoms with Crippen molar-refractivity contribution in [3.8, 4) is 0 Å². The van der Waals surface area contributed by atoms with Crippen molar-refractivity contribution in [1.82, 2.24) is 10.2 Å². The van der Waals surface area contributed by atoms with Crippen molar-refractivity contribution in [2.45, 2.75) is 19.1 Å². The minimum atomic E-state index is -0.206. The van der Waals surface area contributed by atoms with E-state index in [1.165, 1.54) is 12.5 Å². The molecule has 0 fully saturated rings. The number of amides is 1. The van der Waals surface area contributed by atoms with Crippen molar-refractivity contribution >= 4 is 44.1 Å². The Balaban J connectivity index is 2.12. The first-order chi connectivity index (χ1) is 9.74. The molecular weight excluding hydrogens is 290 g/mol. The van der Waals surface area contributed by atoms with Crippen LogP contribution in [-0.2, 0) is 10.5 Å². The lowest BCUT2D eigenvalue weighted by atomic mass is 10.2. The number of carbonyl (C=O) groups is 1. The first-order valence-electron chi connectivity index (χ1n) is 6.39. The molecule has 0 saturated carbocycles. The highest BCUT2D eigenvalue weighted by molar-refractivity contribution is 8.76. The van der Waals surface area contributed by atoms with Gasteiger partial charge in [-0.3, -0.25) is 9.89 Å². The van der Waals surface area contributed by atoms with Gasteiger partial charge < -0.3 is 5.32 Å². The Kier molecular flexibility index (Phi) is 5.55. The second-order valence-electron chi connectivity index (χ2n) is 4.21. The fraction of sp³-hybridized carbons (Fsp3) is 0.286. The van der Waals surface area contributed by atoms with Gasteiger partial charge >= 0.3 is 0 Å². The Morgan fingerprint density at radius 2 is 2.35 bits per heavy atom. The standard InChI is InChI=1S/C14H17N3OS2/c1-3-7-19-20-9-13-11-8-10(15-14(18)4-2)5-6-12(11)16-17-13/h4-6,8H,2-3,7,9H2,1H3,(H,15,18)(H,16,17). The summed E-state index contributed by atoms with van der Waals surface area (Å²) in [6.07, 6.45) is 2.44. The number of aromatic nitrogens is 2. The van der Waals surface area contributed by atoms with Crippen LogP contribution >= 0.6 is 21.6 Å². The summed E-state index contributed by atoms with van der Waals surface area (Å²) in [4.78, 5) is 11.3. The van der Waals surface area contributed by atoms with Crippen molar-refractivity contribution < 1.29 is 4.79 Å². The van der Waals surface area contributed by atoms with Gasteiger partial charge in [-0.25, -0.2) is 0 Å². The molecule has 0 saturated heterocycles. The van der Waals surface area contributed by atoms with Gasteiger partial charge in [0.05, 0.1) is 11.2 Å². The predicted molar refractivity (Wildman–Crippen MR) is 89.0 cm³/mol. The average molecular weight is 307 g/mol. The van der Waals surface area contributed by atoms with Crippen LogP contribution in [0.25, 0.3) is 10.9 Å². The molecule has 0 unspecified atom stereocenters. The average Bonchev–Trinajstić information content (AvgIpc) is 2.86. The summed E-state index contributed by atoms with van der Waals surface area (Å²) in [6, 6.07) is 5.69. The highest BCUT2D eigenvalue weighted by Crippen LogP contribution is 2.29. The summed E-state index contributed by atoms with van der Waals surface area (Å²) in [5, 5.41) is 11.2. The number of nitrogens with zero attached hydrogens (tertiary/aromatic N) is 1. The summed E-state index contributed by atoms with van der Waals surface area (Å²) >= 11 is 0. The van der Waals surface area contributed by atoms with E-state index >= 15 is 0 Å². The molecule has 0 bridgehead atoms. The molecule has 2 rings (SSSR count). The Morgan fingerprint density at radius 3 is 3.10 bits per heavy atom. The van der Waals surface area contributed by atoms with Crippen LogP contribution in [0.1, 0.15) is 19.0 Å². The fourth-order valence-electron chi connectivity index (χ4n) is 1.69. The van der Waals surface area contributed by atoms with E-state index in [0.29, 0.717) is 0 Å². The number of H-pyrrole nitrogens is 1. The Morgan fingerprint density at radius 1 is 1.50 bits per heavy atom. The van der Waals surface area contributed by atoms with Crippen LogP contribution in [0.2, 0.25) is 0 Å². The van der Waals surface area contributed by atoms with Gasteiger partial charge in [-0.1, -0.05) is 35.1 Å². The van der Waals surface area contributed by atoms with Gasteiger partial charge in [-0.15, -0.1) is 0 Å². The van der Waals surface area contributed by atoms with Gasteiger partial charge in [0.2, 0.25) is 5.91 Å². The maximum atomic E-state index is 11.3. The fourth-order valence-corrected chi connectivity index (χ4v) is 3.85. The van der Waals surface area contributed by atoms with E-state index in [1.54, 1.807) is 0 Å². The lowest BCUT2D eigenvalue weighted by Crippen LogP contribution is -2.06. The van der Waals surface area contributed by atoms with Crippen molar-refractivity contribution in [3.63, 3.8) is 0 Å². The molecule has 0 radical (unpaired) electrons. The minimum Gasteiger partial charge on any atom is -0.323 e. The van der Waals surface area contributed by atoms with Crippen LogP contribution in [0.15, 0.2) is 30.9 Å². The molecule has 2 aromatic rings. The second kappa shape index (κ2) is 7.40. The molecule has 1 aromatic heterocycles. The molecule has 0 aliphatic rings. The molecule has 2 N–H and O–H groups in total. The number of carbonyl (C=O) groups excluding carboxylic acids is 1. The lowest BCUT2D eigenvalue weighted by Gasteiger charge is -2.03. The van der Waals surface area contributed by atoms with Gasteiger partial charge in [0.25, 0.3) is 0 Å². The molecule has 0 spiro atoms. The maximum Gasteiger partial charge on any atom is 0.247 e. The van der Waals surface area contributed by atoms with Gasteiger partial charge in [0.15, 0.2) is 0 Å². The SMILES string of the molecule is C=CC(=O)Nc1ccc2n[nH]c(CSSCCC)c2c1. The van der Waals surface area contributed by atoms with Gasteiger partial charge in [0.1, 0.15) is 0 Å². The molecule has 20 heavy (non-hydrogen) atoms. The monoisotopic (exact) mass is 307 g/mol. The molecular formula is C14H17N3OS2. The van der Waals surface area contributed by atoms with Gasteiger partial charge in [-0.2, -0.15) is 5.10 Å². The zero-order valence-electron chi connectivity index (χ0n) is 11.3. The van der Waals surface area contributed by atoms with E-state index in [-0.39, 0.29) is 5.91 Å². The summed E-state index contributed by atoms with van der Waals surface area (Å²) < 4.78 is 0. The highest BCUT2D eigenvalue weighted by atomic mass is 33.1. The number of hydrogen-bond donors (Lipinski definition) is 2. The normalized spacial score (nSPS) is 10.7. The quantitative estimate of drug-likeness (QED) is 0.461. The molecule has 4 nitrogen and oxygen atoms in total. The molecule has 6 heteroatoms. The number of nitrogens with one attached hydrogen (secondary N) is 2. The number of fused-ring (bicyclic) bond motifs is 1. The van der Waals surface area contributed by atoms with Gasteiger partial charge in [-0.05, 0) is 30.7 Å². The third-order valence-electron chi connectivity index (χ3n) is 2.66. The molecule has 106 valence electrons. The van der Waals surface area contributed by atoms with E-state index in [0.717, 1.165) is 33.8 Å². The van der Waals surface area contributed by atoms with E-state index < -0.39 is 0 Å².